The molecule has 1 aromatic carbocycles. The van der Waals surface area contributed by atoms with Gasteiger partial charge in [-0.05, 0) is 37.8 Å². The van der Waals surface area contributed by atoms with Gasteiger partial charge < -0.3 is 11.1 Å². The lowest BCUT2D eigenvalue weighted by atomic mass is 9.75. The Bertz CT molecular complexity index is 855. The van der Waals surface area contributed by atoms with Crippen molar-refractivity contribution in [2.45, 2.75) is 56.8 Å². The van der Waals surface area contributed by atoms with Crippen molar-refractivity contribution in [1.29, 1.82) is 0 Å². The molecule has 2 aliphatic heterocycles. The van der Waals surface area contributed by atoms with Gasteiger partial charge in [-0.2, -0.15) is 0 Å². The highest BCUT2D eigenvalue weighted by Crippen LogP contribution is 2.32. The molecule has 0 spiro atoms. The summed E-state index contributed by atoms with van der Waals surface area (Å²) in [6.45, 7) is 2.46. The fourth-order valence-electron chi connectivity index (χ4n) is 4.20. The fraction of sp³-hybridized carbons (Fsp3) is 0.474. The largest absolute Gasteiger partial charge is 0.325 e. The molecule has 142 valence electrons. The zero-order chi connectivity index (χ0) is 19.3. The molecule has 1 aromatic rings. The van der Waals surface area contributed by atoms with Crippen LogP contribution in [0.1, 0.15) is 58.9 Å². The predicted octanol–water partition coefficient (Wildman–Crippen LogP) is 0.0572. The van der Waals surface area contributed by atoms with Gasteiger partial charge in [-0.3, -0.25) is 29.4 Å². The van der Waals surface area contributed by atoms with Gasteiger partial charge in [0.25, 0.3) is 11.8 Å². The van der Waals surface area contributed by atoms with Crippen molar-refractivity contribution in [1.82, 2.24) is 15.5 Å². The molecular formula is C19H22N4O4. The van der Waals surface area contributed by atoms with Crippen LogP contribution in [0.15, 0.2) is 18.2 Å². The maximum absolute atomic E-state index is 13.0. The van der Waals surface area contributed by atoms with Gasteiger partial charge in [0.1, 0.15) is 6.04 Å². The monoisotopic (exact) mass is 370 g/mol. The van der Waals surface area contributed by atoms with E-state index in [1.165, 1.54) is 0 Å². The molecule has 3 aliphatic rings. The van der Waals surface area contributed by atoms with Crippen molar-refractivity contribution in [3.63, 3.8) is 0 Å². The molecule has 1 atom stereocenters. The Morgan fingerprint density at radius 3 is 2.63 bits per heavy atom. The van der Waals surface area contributed by atoms with Crippen LogP contribution in [0.4, 0.5) is 0 Å². The highest BCUT2D eigenvalue weighted by molar-refractivity contribution is 6.24. The number of carbonyl (C=O) groups excluding carboxylic acids is 4. The highest BCUT2D eigenvalue weighted by atomic mass is 16.2. The Labute approximate surface area is 156 Å². The number of piperidine rings is 1. The summed E-state index contributed by atoms with van der Waals surface area (Å²) < 4.78 is 0. The van der Waals surface area contributed by atoms with Gasteiger partial charge >= 0.3 is 0 Å². The number of hydrogen-bond acceptors (Lipinski definition) is 6. The summed E-state index contributed by atoms with van der Waals surface area (Å²) in [5, 5.41) is 5.58. The van der Waals surface area contributed by atoms with Crippen molar-refractivity contribution in [2.75, 3.05) is 0 Å². The second-order valence-corrected chi connectivity index (χ2v) is 7.93. The summed E-state index contributed by atoms with van der Waals surface area (Å²) >= 11 is 0. The molecule has 4 amide bonds. The number of amides is 4. The summed E-state index contributed by atoms with van der Waals surface area (Å²) in [5.41, 5.74) is 7.26. The van der Waals surface area contributed by atoms with E-state index >= 15 is 0 Å². The Morgan fingerprint density at radius 1 is 1.22 bits per heavy atom. The number of nitrogens with one attached hydrogen (secondary N) is 2. The lowest BCUT2D eigenvalue weighted by Crippen LogP contribution is -2.57. The van der Waals surface area contributed by atoms with Gasteiger partial charge in [0.2, 0.25) is 11.8 Å². The lowest BCUT2D eigenvalue weighted by Gasteiger charge is -2.42. The predicted molar refractivity (Wildman–Crippen MR) is 95.6 cm³/mol. The van der Waals surface area contributed by atoms with Gasteiger partial charge in [-0.1, -0.05) is 12.1 Å². The van der Waals surface area contributed by atoms with Gasteiger partial charge in [-0.25, -0.2) is 0 Å². The van der Waals surface area contributed by atoms with Crippen LogP contribution in [-0.4, -0.2) is 46.2 Å². The topological polar surface area (TPSA) is 122 Å². The van der Waals surface area contributed by atoms with E-state index in [2.05, 4.69) is 10.6 Å². The molecule has 8 heteroatoms. The van der Waals surface area contributed by atoms with Crippen LogP contribution in [0, 0.1) is 0 Å². The van der Waals surface area contributed by atoms with Crippen molar-refractivity contribution >= 4 is 23.6 Å². The number of hydrogen-bond donors (Lipinski definition) is 3. The molecule has 8 nitrogen and oxygen atoms in total. The number of nitrogens with zero attached hydrogens (tertiary/aromatic N) is 1. The second kappa shape index (κ2) is 6.24. The molecule has 27 heavy (non-hydrogen) atoms. The van der Waals surface area contributed by atoms with Crippen molar-refractivity contribution < 1.29 is 19.2 Å². The third kappa shape index (κ3) is 3.04. The molecule has 1 unspecified atom stereocenters. The summed E-state index contributed by atoms with van der Waals surface area (Å²) in [5.74, 6) is -1.94. The first-order chi connectivity index (χ1) is 12.8. The Morgan fingerprint density at radius 2 is 1.96 bits per heavy atom. The number of benzene rings is 1. The average molecular weight is 370 g/mol. The molecule has 2 fully saturated rings. The van der Waals surface area contributed by atoms with E-state index in [0.717, 1.165) is 23.3 Å². The van der Waals surface area contributed by atoms with Crippen molar-refractivity contribution in [3.05, 3.63) is 34.9 Å². The molecule has 4 rings (SSSR count). The number of imide groups is 2. The Balaban J connectivity index is 1.54. The maximum Gasteiger partial charge on any atom is 0.262 e. The Hall–Kier alpha value is -2.58. The molecule has 1 saturated carbocycles. The fourth-order valence-corrected chi connectivity index (χ4v) is 4.20. The third-order valence-electron chi connectivity index (χ3n) is 5.56. The van der Waals surface area contributed by atoms with Crippen LogP contribution in [-0.2, 0) is 16.1 Å². The second-order valence-electron chi connectivity index (χ2n) is 7.93. The summed E-state index contributed by atoms with van der Waals surface area (Å²) in [6, 6.07) is 4.49. The molecule has 0 aromatic heterocycles. The number of carbonyl (C=O) groups is 4. The molecule has 1 aliphatic carbocycles. The van der Waals surface area contributed by atoms with Gasteiger partial charge in [-0.15, -0.1) is 0 Å². The van der Waals surface area contributed by atoms with Gasteiger partial charge in [0, 0.05) is 24.5 Å². The minimum absolute atomic E-state index is 0.109. The molecule has 1 saturated heterocycles. The summed E-state index contributed by atoms with van der Waals surface area (Å²) in [6.07, 6.45) is 1.98. The highest BCUT2D eigenvalue weighted by Gasteiger charge is 2.45. The first-order valence-electron chi connectivity index (χ1n) is 9.12. The molecule has 0 radical (unpaired) electrons. The van der Waals surface area contributed by atoms with Crippen LogP contribution in [0.2, 0.25) is 0 Å². The van der Waals surface area contributed by atoms with E-state index in [9.17, 15) is 19.2 Å². The van der Waals surface area contributed by atoms with E-state index in [1.807, 2.05) is 13.0 Å². The van der Waals surface area contributed by atoms with Crippen LogP contribution in [0.3, 0.4) is 0 Å². The van der Waals surface area contributed by atoms with E-state index in [4.69, 9.17) is 5.73 Å². The summed E-state index contributed by atoms with van der Waals surface area (Å²) in [4.78, 5) is 50.3. The van der Waals surface area contributed by atoms with E-state index in [-0.39, 0.29) is 30.3 Å². The van der Waals surface area contributed by atoms with Crippen LogP contribution in [0.25, 0.3) is 0 Å². The van der Waals surface area contributed by atoms with Crippen LogP contribution < -0.4 is 16.4 Å². The van der Waals surface area contributed by atoms with Crippen LogP contribution >= 0.6 is 0 Å². The quantitative estimate of drug-likeness (QED) is 0.644. The van der Waals surface area contributed by atoms with Gasteiger partial charge in [0.05, 0.1) is 11.1 Å². The van der Waals surface area contributed by atoms with E-state index in [1.54, 1.807) is 12.1 Å². The first-order valence-corrected chi connectivity index (χ1v) is 9.12. The third-order valence-corrected chi connectivity index (χ3v) is 5.56. The minimum atomic E-state index is -0.944. The molecule has 4 N–H and O–H groups in total. The SMILES string of the molecule is CC1(N)CC(NCc2cccc3c2C(=O)N(C2CCC(=O)NC2=O)C3=O)C1. The smallest absolute Gasteiger partial charge is 0.262 e. The molecule has 0 bridgehead atoms. The standard InChI is InChI=1S/C19H22N4O4/c1-19(20)7-11(8-19)21-9-10-3-2-4-12-15(10)18(27)23(17(12)26)13-5-6-14(24)22-16(13)25/h2-4,11,13,21H,5-9,20H2,1H3,(H,22,24,25). The zero-order valence-corrected chi connectivity index (χ0v) is 15.1. The first kappa shape index (κ1) is 17.8. The Kier molecular flexibility index (Phi) is 4.12. The lowest BCUT2D eigenvalue weighted by molar-refractivity contribution is -0.136. The molecular weight excluding hydrogens is 348 g/mol. The summed E-state index contributed by atoms with van der Waals surface area (Å²) in [7, 11) is 0. The van der Waals surface area contributed by atoms with Crippen molar-refractivity contribution in [2.24, 2.45) is 5.73 Å². The van der Waals surface area contributed by atoms with Gasteiger partial charge in [0.15, 0.2) is 0 Å². The normalized spacial score (nSPS) is 30.2. The van der Waals surface area contributed by atoms with Crippen molar-refractivity contribution in [3.8, 4) is 0 Å². The van der Waals surface area contributed by atoms with E-state index in [0.29, 0.717) is 17.7 Å². The van der Waals surface area contributed by atoms with Crippen LogP contribution in [0.5, 0.6) is 0 Å². The average Bonchev–Trinajstić information content (AvgIpc) is 2.83. The zero-order valence-electron chi connectivity index (χ0n) is 15.1. The number of fused-ring (bicyclic) bond motifs is 1. The maximum atomic E-state index is 13.0. The minimum Gasteiger partial charge on any atom is -0.325 e. The molecule has 2 heterocycles. The number of rotatable bonds is 4. The van der Waals surface area contributed by atoms with E-state index < -0.39 is 23.8 Å². The number of nitrogens with two attached hydrogens (primary N) is 1.